The van der Waals surface area contributed by atoms with Crippen molar-refractivity contribution in [2.24, 2.45) is 0 Å². The number of ether oxygens (including phenoxy) is 1. The van der Waals surface area contributed by atoms with Gasteiger partial charge in [0.15, 0.2) is 0 Å². The number of morpholine rings is 1. The SMILES string of the molecule is Cc1ccc(CN2CCC3(CC2)OCC(=O)N(Cc2cccnc2)[C@@H]3C)s1. The maximum absolute atomic E-state index is 12.5. The van der Waals surface area contributed by atoms with Gasteiger partial charge in [0.05, 0.1) is 11.6 Å². The second kappa shape index (κ2) is 7.70. The van der Waals surface area contributed by atoms with E-state index in [9.17, 15) is 4.79 Å². The number of pyridine rings is 1. The first kappa shape index (κ1) is 18.6. The van der Waals surface area contributed by atoms with Gasteiger partial charge in [0.1, 0.15) is 6.61 Å². The fourth-order valence-corrected chi connectivity index (χ4v) is 5.20. The Kier molecular flexibility index (Phi) is 5.30. The van der Waals surface area contributed by atoms with Crippen molar-refractivity contribution in [2.75, 3.05) is 19.7 Å². The minimum atomic E-state index is -0.224. The molecule has 2 saturated heterocycles. The lowest BCUT2D eigenvalue weighted by molar-refractivity contribution is -0.188. The van der Waals surface area contributed by atoms with E-state index in [-0.39, 0.29) is 24.2 Å². The molecule has 2 aliphatic heterocycles. The number of piperidine rings is 1. The quantitative estimate of drug-likeness (QED) is 0.811. The summed E-state index contributed by atoms with van der Waals surface area (Å²) in [5.74, 6) is 0.0773. The third-order valence-corrected chi connectivity index (χ3v) is 6.97. The highest BCUT2D eigenvalue weighted by Crippen LogP contribution is 2.36. The number of hydrogen-bond donors (Lipinski definition) is 0. The Hall–Kier alpha value is -1.76. The fourth-order valence-electron chi connectivity index (χ4n) is 4.26. The van der Waals surface area contributed by atoms with Crippen LogP contribution in [0.5, 0.6) is 0 Å². The fraction of sp³-hybridized carbons (Fsp3) is 0.524. The van der Waals surface area contributed by atoms with Crippen molar-refractivity contribution in [1.82, 2.24) is 14.8 Å². The van der Waals surface area contributed by atoms with Crippen LogP contribution in [0.3, 0.4) is 0 Å². The van der Waals surface area contributed by atoms with E-state index in [1.807, 2.05) is 34.6 Å². The number of carbonyl (C=O) groups excluding carboxylic acids is 1. The van der Waals surface area contributed by atoms with Crippen LogP contribution in [0.2, 0.25) is 0 Å². The zero-order chi connectivity index (χ0) is 18.9. The molecular formula is C21H27N3O2S. The van der Waals surface area contributed by atoms with Gasteiger partial charge >= 0.3 is 0 Å². The van der Waals surface area contributed by atoms with Gasteiger partial charge in [0.2, 0.25) is 5.91 Å². The van der Waals surface area contributed by atoms with Crippen molar-refractivity contribution in [2.45, 2.75) is 51.4 Å². The van der Waals surface area contributed by atoms with Gasteiger partial charge in [-0.2, -0.15) is 0 Å². The van der Waals surface area contributed by atoms with Crippen molar-refractivity contribution in [1.29, 1.82) is 0 Å². The zero-order valence-electron chi connectivity index (χ0n) is 16.1. The maximum atomic E-state index is 12.5. The summed E-state index contributed by atoms with van der Waals surface area (Å²) in [6, 6.07) is 8.45. The summed E-state index contributed by atoms with van der Waals surface area (Å²) in [7, 11) is 0. The van der Waals surface area contributed by atoms with Crippen LogP contribution in [0.4, 0.5) is 0 Å². The first-order chi connectivity index (χ1) is 13.1. The van der Waals surface area contributed by atoms with Crippen LogP contribution in [0.25, 0.3) is 0 Å². The van der Waals surface area contributed by atoms with Gasteiger partial charge < -0.3 is 9.64 Å². The molecular weight excluding hydrogens is 358 g/mol. The van der Waals surface area contributed by atoms with Crippen LogP contribution in [0.15, 0.2) is 36.7 Å². The van der Waals surface area contributed by atoms with Crippen LogP contribution in [0, 0.1) is 6.92 Å². The molecule has 1 atom stereocenters. The Balaban J connectivity index is 1.41. The first-order valence-electron chi connectivity index (χ1n) is 9.66. The molecule has 0 bridgehead atoms. The summed E-state index contributed by atoms with van der Waals surface area (Å²) in [4.78, 5) is 24.0. The Morgan fingerprint density at radius 3 is 2.74 bits per heavy atom. The number of carbonyl (C=O) groups is 1. The Labute approximate surface area is 165 Å². The molecule has 144 valence electrons. The molecule has 1 spiro atoms. The van der Waals surface area contributed by atoms with Crippen LogP contribution in [-0.2, 0) is 22.6 Å². The Bertz CT molecular complexity index is 784. The predicted octanol–water partition coefficient (Wildman–Crippen LogP) is 3.23. The minimum Gasteiger partial charge on any atom is -0.363 e. The van der Waals surface area contributed by atoms with E-state index in [4.69, 9.17) is 4.74 Å². The molecule has 0 aromatic carbocycles. The van der Waals surface area contributed by atoms with Crippen LogP contribution in [0.1, 0.15) is 35.1 Å². The molecule has 27 heavy (non-hydrogen) atoms. The summed E-state index contributed by atoms with van der Waals surface area (Å²) in [6.07, 6.45) is 5.54. The molecule has 0 aliphatic carbocycles. The van der Waals surface area contributed by atoms with E-state index in [0.29, 0.717) is 6.54 Å². The normalized spacial score (nSPS) is 23.1. The average molecular weight is 386 g/mol. The first-order valence-corrected chi connectivity index (χ1v) is 10.5. The number of aromatic nitrogens is 1. The number of aryl methyl sites for hydroxylation is 1. The summed E-state index contributed by atoms with van der Waals surface area (Å²) in [6.45, 7) is 8.13. The molecule has 4 rings (SSSR count). The topological polar surface area (TPSA) is 45.7 Å². The van der Waals surface area contributed by atoms with Gasteiger partial charge in [-0.15, -0.1) is 11.3 Å². The van der Waals surface area contributed by atoms with Crippen molar-refractivity contribution in [3.8, 4) is 0 Å². The number of amides is 1. The minimum absolute atomic E-state index is 0.0742. The van der Waals surface area contributed by atoms with E-state index in [1.165, 1.54) is 9.75 Å². The molecule has 1 amide bonds. The van der Waals surface area contributed by atoms with Gasteiger partial charge in [-0.1, -0.05) is 6.07 Å². The highest BCUT2D eigenvalue weighted by Gasteiger charge is 2.47. The third-order valence-electron chi connectivity index (χ3n) is 5.99. The van der Waals surface area contributed by atoms with E-state index in [0.717, 1.165) is 38.0 Å². The predicted molar refractivity (Wildman–Crippen MR) is 106 cm³/mol. The molecule has 0 saturated carbocycles. The van der Waals surface area contributed by atoms with Crippen LogP contribution >= 0.6 is 11.3 Å². The van der Waals surface area contributed by atoms with Crippen LogP contribution in [-0.4, -0.2) is 52.0 Å². The summed E-state index contributed by atoms with van der Waals surface area (Å²) < 4.78 is 6.17. The Morgan fingerprint density at radius 1 is 1.26 bits per heavy atom. The lowest BCUT2D eigenvalue weighted by Gasteiger charge is -2.51. The molecule has 0 unspecified atom stereocenters. The molecule has 0 N–H and O–H groups in total. The van der Waals surface area contributed by atoms with Crippen molar-refractivity contribution >= 4 is 17.2 Å². The Morgan fingerprint density at radius 2 is 2.07 bits per heavy atom. The second-order valence-electron chi connectivity index (χ2n) is 7.70. The highest BCUT2D eigenvalue weighted by atomic mass is 32.1. The third kappa shape index (κ3) is 3.93. The van der Waals surface area contributed by atoms with Crippen molar-refractivity contribution < 1.29 is 9.53 Å². The van der Waals surface area contributed by atoms with E-state index >= 15 is 0 Å². The van der Waals surface area contributed by atoms with Gasteiger partial charge in [-0.25, -0.2) is 0 Å². The number of thiophene rings is 1. The lowest BCUT2D eigenvalue weighted by Crippen LogP contribution is -2.63. The van der Waals surface area contributed by atoms with Crippen molar-refractivity contribution in [3.05, 3.63) is 52.0 Å². The molecule has 5 nitrogen and oxygen atoms in total. The zero-order valence-corrected chi connectivity index (χ0v) is 16.9. The summed E-state index contributed by atoms with van der Waals surface area (Å²) in [5.41, 5.74) is 0.845. The molecule has 2 aliphatic rings. The number of nitrogens with zero attached hydrogens (tertiary/aromatic N) is 3. The lowest BCUT2D eigenvalue weighted by atomic mass is 9.82. The van der Waals surface area contributed by atoms with E-state index in [2.05, 4.69) is 35.9 Å². The molecule has 2 fully saturated rings. The molecule has 6 heteroatoms. The highest BCUT2D eigenvalue weighted by molar-refractivity contribution is 7.11. The number of hydrogen-bond acceptors (Lipinski definition) is 5. The van der Waals surface area contributed by atoms with Crippen molar-refractivity contribution in [3.63, 3.8) is 0 Å². The average Bonchev–Trinajstić information content (AvgIpc) is 3.09. The molecule has 2 aromatic heterocycles. The summed E-state index contributed by atoms with van der Waals surface area (Å²) >= 11 is 1.88. The van der Waals surface area contributed by atoms with Gasteiger partial charge in [0, 0.05) is 48.3 Å². The maximum Gasteiger partial charge on any atom is 0.249 e. The van der Waals surface area contributed by atoms with Gasteiger partial charge in [-0.05, 0) is 50.5 Å². The largest absolute Gasteiger partial charge is 0.363 e. The smallest absolute Gasteiger partial charge is 0.249 e. The number of rotatable bonds is 4. The molecule has 4 heterocycles. The standard InChI is InChI=1S/C21H27N3O2S/c1-16-5-6-19(27-16)14-23-10-7-21(8-11-23)17(2)24(20(25)15-26-21)13-18-4-3-9-22-12-18/h3-6,9,12,17H,7-8,10-11,13-15H2,1-2H3/t17-/m1/s1. The van der Waals surface area contributed by atoms with Gasteiger partial charge in [0.25, 0.3) is 0 Å². The van der Waals surface area contributed by atoms with E-state index < -0.39 is 0 Å². The monoisotopic (exact) mass is 385 g/mol. The van der Waals surface area contributed by atoms with Gasteiger partial charge in [-0.3, -0.25) is 14.7 Å². The molecule has 0 radical (unpaired) electrons. The summed E-state index contributed by atoms with van der Waals surface area (Å²) in [5, 5.41) is 0. The number of likely N-dealkylation sites (tertiary alicyclic amines) is 1. The van der Waals surface area contributed by atoms with Crippen LogP contribution < -0.4 is 0 Å². The van der Waals surface area contributed by atoms with E-state index in [1.54, 1.807) is 6.20 Å². The second-order valence-corrected chi connectivity index (χ2v) is 9.07. The molecule has 2 aromatic rings.